The smallest absolute Gasteiger partial charge is 0.267 e. The lowest BCUT2D eigenvalue weighted by Crippen LogP contribution is -2.51. The van der Waals surface area contributed by atoms with Crippen molar-refractivity contribution in [2.75, 3.05) is 19.6 Å². The van der Waals surface area contributed by atoms with E-state index in [0.29, 0.717) is 12.0 Å². The fraction of sp³-hybridized carbons (Fsp3) is 0.542. The van der Waals surface area contributed by atoms with Gasteiger partial charge in [0.25, 0.3) is 5.91 Å². The first-order valence-electron chi connectivity index (χ1n) is 11.1. The SMILES string of the molecule is CC[C@@]12C=C(C(=O)NCC3CC3)n3c4c(c5ccccc53)CCN(CCC1)C42. The summed E-state index contributed by atoms with van der Waals surface area (Å²) in [5.41, 5.74) is 5.06. The molecule has 1 aromatic heterocycles. The number of carbonyl (C=O) groups excluding carboxylic acids is 1. The van der Waals surface area contributed by atoms with Crippen LogP contribution in [0.5, 0.6) is 0 Å². The molecule has 1 saturated heterocycles. The lowest BCUT2D eigenvalue weighted by molar-refractivity contribution is -0.116. The number of carbonyl (C=O) groups is 1. The fourth-order valence-electron chi connectivity index (χ4n) is 6.10. The molecule has 1 N–H and O–H groups in total. The standard InChI is InChI=1S/C24H29N3O/c1-2-24-11-5-12-26-13-10-18-17-6-3-4-7-19(17)27(21(18)22(24)26)20(14-24)23(28)25-15-16-8-9-16/h3-4,6-7,14,16,22H,2,5,8-13,15H2,1H3,(H,25,28)/t22?,24-/m0/s1. The topological polar surface area (TPSA) is 37.3 Å². The lowest BCUT2D eigenvalue weighted by Gasteiger charge is -2.53. The van der Waals surface area contributed by atoms with Crippen molar-refractivity contribution in [1.29, 1.82) is 0 Å². The molecule has 6 rings (SSSR count). The highest BCUT2D eigenvalue weighted by molar-refractivity contribution is 6.16. The van der Waals surface area contributed by atoms with Gasteiger partial charge in [-0.25, -0.2) is 0 Å². The molecule has 4 nitrogen and oxygen atoms in total. The van der Waals surface area contributed by atoms with Crippen molar-refractivity contribution in [2.45, 2.75) is 51.5 Å². The van der Waals surface area contributed by atoms with E-state index >= 15 is 0 Å². The van der Waals surface area contributed by atoms with Gasteiger partial charge in [-0.2, -0.15) is 0 Å². The summed E-state index contributed by atoms with van der Waals surface area (Å²) in [6, 6.07) is 9.12. The van der Waals surface area contributed by atoms with Crippen LogP contribution in [0.15, 0.2) is 30.3 Å². The number of hydrogen-bond acceptors (Lipinski definition) is 2. The molecule has 28 heavy (non-hydrogen) atoms. The summed E-state index contributed by atoms with van der Waals surface area (Å²) in [5.74, 6) is 0.811. The van der Waals surface area contributed by atoms with Crippen LogP contribution in [-0.2, 0) is 11.2 Å². The van der Waals surface area contributed by atoms with Crippen LogP contribution in [0.4, 0.5) is 0 Å². The molecule has 4 heterocycles. The maximum Gasteiger partial charge on any atom is 0.267 e. The summed E-state index contributed by atoms with van der Waals surface area (Å²) in [6.07, 6.45) is 9.48. The molecule has 2 atom stereocenters. The van der Waals surface area contributed by atoms with Crippen LogP contribution < -0.4 is 5.32 Å². The Morgan fingerprint density at radius 2 is 2.11 bits per heavy atom. The number of para-hydroxylation sites is 1. The van der Waals surface area contributed by atoms with Crippen molar-refractivity contribution in [3.63, 3.8) is 0 Å². The molecule has 2 aromatic rings. The molecule has 0 bridgehead atoms. The molecule has 1 aliphatic carbocycles. The van der Waals surface area contributed by atoms with Crippen LogP contribution in [0, 0.1) is 11.3 Å². The van der Waals surface area contributed by atoms with E-state index in [1.807, 2.05) is 0 Å². The summed E-state index contributed by atoms with van der Waals surface area (Å²) < 4.78 is 2.32. The van der Waals surface area contributed by atoms with E-state index in [1.165, 1.54) is 54.4 Å². The van der Waals surface area contributed by atoms with Gasteiger partial charge in [0.05, 0.1) is 11.6 Å². The second kappa shape index (κ2) is 5.96. The highest BCUT2D eigenvalue weighted by Gasteiger charge is 2.51. The first kappa shape index (κ1) is 16.8. The summed E-state index contributed by atoms with van der Waals surface area (Å²) in [4.78, 5) is 16.1. The van der Waals surface area contributed by atoms with E-state index < -0.39 is 0 Å². The number of hydrogen-bond donors (Lipinski definition) is 1. The highest BCUT2D eigenvalue weighted by atomic mass is 16.2. The van der Waals surface area contributed by atoms with Gasteiger partial charge in [0, 0.05) is 29.6 Å². The Labute approximate surface area is 166 Å². The highest BCUT2D eigenvalue weighted by Crippen LogP contribution is 2.56. The minimum Gasteiger partial charge on any atom is -0.350 e. The van der Waals surface area contributed by atoms with Crippen molar-refractivity contribution in [2.24, 2.45) is 11.3 Å². The third-order valence-corrected chi connectivity index (χ3v) is 7.73. The molecule has 1 aromatic carbocycles. The average molecular weight is 376 g/mol. The van der Waals surface area contributed by atoms with Gasteiger partial charge in [-0.15, -0.1) is 0 Å². The van der Waals surface area contributed by atoms with Crippen LogP contribution in [0.3, 0.4) is 0 Å². The summed E-state index contributed by atoms with van der Waals surface area (Å²) in [7, 11) is 0. The molecule has 1 saturated carbocycles. The van der Waals surface area contributed by atoms with Crippen molar-refractivity contribution in [1.82, 2.24) is 14.8 Å². The van der Waals surface area contributed by atoms with Crippen LogP contribution in [0.2, 0.25) is 0 Å². The summed E-state index contributed by atoms with van der Waals surface area (Å²) in [6.45, 7) is 5.47. The molecule has 1 unspecified atom stereocenters. The normalized spacial score (nSPS) is 28.8. The number of benzene rings is 1. The number of fused-ring (bicyclic) bond motifs is 3. The summed E-state index contributed by atoms with van der Waals surface area (Å²) in [5, 5.41) is 4.60. The zero-order valence-corrected chi connectivity index (χ0v) is 16.7. The molecular weight excluding hydrogens is 346 g/mol. The van der Waals surface area contributed by atoms with Crippen molar-refractivity contribution in [3.05, 3.63) is 41.6 Å². The van der Waals surface area contributed by atoms with E-state index in [4.69, 9.17) is 0 Å². The molecule has 3 aliphatic heterocycles. The molecule has 2 fully saturated rings. The second-order valence-corrected chi connectivity index (χ2v) is 9.28. The average Bonchev–Trinajstić information content (AvgIpc) is 3.51. The molecule has 146 valence electrons. The number of nitrogens with one attached hydrogen (secondary N) is 1. The Hall–Kier alpha value is -2.07. The Morgan fingerprint density at radius 3 is 2.93 bits per heavy atom. The van der Waals surface area contributed by atoms with Crippen LogP contribution in [0.1, 0.15) is 56.3 Å². The molecule has 4 heteroatoms. The maximum absolute atomic E-state index is 13.4. The predicted molar refractivity (Wildman–Crippen MR) is 112 cm³/mol. The van der Waals surface area contributed by atoms with Crippen LogP contribution in [0.25, 0.3) is 16.6 Å². The zero-order valence-electron chi connectivity index (χ0n) is 16.7. The Bertz CT molecular complexity index is 999. The van der Waals surface area contributed by atoms with Gasteiger partial charge in [-0.05, 0) is 68.7 Å². The number of rotatable bonds is 4. The Balaban J connectivity index is 1.58. The van der Waals surface area contributed by atoms with Crippen molar-refractivity contribution in [3.8, 4) is 0 Å². The number of piperidine rings is 1. The Morgan fingerprint density at radius 1 is 1.25 bits per heavy atom. The third-order valence-electron chi connectivity index (χ3n) is 7.73. The molecule has 0 spiro atoms. The molecule has 1 amide bonds. The van der Waals surface area contributed by atoms with E-state index in [9.17, 15) is 4.79 Å². The van der Waals surface area contributed by atoms with Gasteiger partial charge in [-0.1, -0.05) is 25.1 Å². The van der Waals surface area contributed by atoms with E-state index in [-0.39, 0.29) is 11.3 Å². The number of aromatic nitrogens is 1. The van der Waals surface area contributed by atoms with Crippen molar-refractivity contribution < 1.29 is 4.79 Å². The quantitative estimate of drug-likeness (QED) is 0.873. The van der Waals surface area contributed by atoms with Gasteiger partial charge >= 0.3 is 0 Å². The van der Waals surface area contributed by atoms with Gasteiger partial charge in [0.15, 0.2) is 0 Å². The monoisotopic (exact) mass is 375 g/mol. The van der Waals surface area contributed by atoms with Gasteiger partial charge in [0.2, 0.25) is 0 Å². The first-order chi connectivity index (χ1) is 13.7. The van der Waals surface area contributed by atoms with E-state index in [1.54, 1.807) is 0 Å². The minimum atomic E-state index is 0.0874. The second-order valence-electron chi connectivity index (χ2n) is 9.28. The maximum atomic E-state index is 13.4. The van der Waals surface area contributed by atoms with Crippen LogP contribution in [-0.4, -0.2) is 35.0 Å². The zero-order chi connectivity index (χ0) is 18.9. The molecule has 0 radical (unpaired) electrons. The molecule has 4 aliphatic rings. The largest absolute Gasteiger partial charge is 0.350 e. The van der Waals surface area contributed by atoms with Gasteiger partial charge in [0.1, 0.15) is 5.70 Å². The molecular formula is C24H29N3O. The van der Waals surface area contributed by atoms with Gasteiger partial charge < -0.3 is 9.88 Å². The number of nitrogens with zero attached hydrogens (tertiary/aromatic N) is 2. The Kier molecular flexibility index (Phi) is 3.59. The lowest BCUT2D eigenvalue weighted by atomic mass is 9.66. The number of amides is 1. The van der Waals surface area contributed by atoms with Crippen molar-refractivity contribution >= 4 is 22.5 Å². The van der Waals surface area contributed by atoms with E-state index in [0.717, 1.165) is 31.6 Å². The third kappa shape index (κ3) is 2.24. The fourth-order valence-corrected chi connectivity index (χ4v) is 6.10. The van der Waals surface area contributed by atoms with E-state index in [2.05, 4.69) is 52.0 Å². The summed E-state index contributed by atoms with van der Waals surface area (Å²) >= 11 is 0. The minimum absolute atomic E-state index is 0.0874. The first-order valence-corrected chi connectivity index (χ1v) is 11.1. The van der Waals surface area contributed by atoms with Crippen LogP contribution >= 0.6 is 0 Å². The predicted octanol–water partition coefficient (Wildman–Crippen LogP) is 4.11. The van der Waals surface area contributed by atoms with Gasteiger partial charge in [-0.3, -0.25) is 9.69 Å².